The number of anilines is 2. The Morgan fingerprint density at radius 2 is 2.07 bits per heavy atom. The van der Waals surface area contributed by atoms with Crippen LogP contribution in [-0.4, -0.2) is 44.2 Å². The number of aliphatic imine (C=N–C) groups is 1. The molecule has 0 radical (unpaired) electrons. The van der Waals surface area contributed by atoms with Gasteiger partial charge in [-0.05, 0) is 75.4 Å². The molecule has 1 heterocycles. The minimum atomic E-state index is -0.496. The maximum absolute atomic E-state index is 13.3. The van der Waals surface area contributed by atoms with E-state index in [-0.39, 0.29) is 11.7 Å². The summed E-state index contributed by atoms with van der Waals surface area (Å²) in [7, 11) is 4.13. The average Bonchev–Trinajstić information content (AvgIpc) is 2.92. The average molecular weight is 368 g/mol. The van der Waals surface area contributed by atoms with Gasteiger partial charge in [-0.3, -0.25) is 9.79 Å². The molecule has 1 aliphatic rings. The Morgan fingerprint density at radius 3 is 2.81 bits per heavy atom. The van der Waals surface area contributed by atoms with Crippen LogP contribution in [0.25, 0.3) is 0 Å². The molecular weight excluding hydrogens is 343 g/mol. The zero-order valence-corrected chi connectivity index (χ0v) is 15.9. The Hall–Kier alpha value is -2.73. The molecule has 0 bridgehead atoms. The standard InChI is InChI=1S/C21H25FN4O/c1-14-11-16(6-8-19(14)23-9-4-10-26(2)3)24-13-18-17-7-5-15(22)12-20(17)25-21(18)27/h5-8,11-13,18,23H,4,9-10H2,1-3H3,(H,25,27). The SMILES string of the molecule is Cc1cc(N=CC2C(=O)Nc3cc(F)ccc32)ccc1NCCCN(C)C. The first-order valence-electron chi connectivity index (χ1n) is 9.08. The number of hydrogen-bond acceptors (Lipinski definition) is 4. The molecule has 3 rings (SSSR count). The molecule has 0 fully saturated rings. The van der Waals surface area contributed by atoms with E-state index in [1.165, 1.54) is 12.1 Å². The number of fused-ring (bicyclic) bond motifs is 1. The molecule has 2 aromatic carbocycles. The number of rotatable bonds is 7. The first-order valence-corrected chi connectivity index (χ1v) is 9.08. The van der Waals surface area contributed by atoms with Crippen LogP contribution in [0.4, 0.5) is 21.5 Å². The van der Waals surface area contributed by atoms with E-state index in [0.29, 0.717) is 5.69 Å². The first-order chi connectivity index (χ1) is 12.9. The third kappa shape index (κ3) is 4.71. The van der Waals surface area contributed by atoms with E-state index in [2.05, 4.69) is 34.6 Å². The van der Waals surface area contributed by atoms with Gasteiger partial charge in [-0.2, -0.15) is 0 Å². The molecule has 0 aromatic heterocycles. The van der Waals surface area contributed by atoms with Crippen LogP contribution in [0.3, 0.4) is 0 Å². The summed E-state index contributed by atoms with van der Waals surface area (Å²) in [6.45, 7) is 3.99. The van der Waals surface area contributed by atoms with Gasteiger partial charge in [0.1, 0.15) is 11.7 Å². The lowest BCUT2D eigenvalue weighted by atomic mass is 10.0. The number of carbonyl (C=O) groups excluding carboxylic acids is 1. The van der Waals surface area contributed by atoms with Crippen LogP contribution in [0, 0.1) is 12.7 Å². The van der Waals surface area contributed by atoms with Crippen molar-refractivity contribution in [1.82, 2.24) is 4.90 Å². The Kier molecular flexibility index (Phi) is 5.86. The molecule has 5 nitrogen and oxygen atoms in total. The molecule has 1 aliphatic heterocycles. The number of hydrogen-bond donors (Lipinski definition) is 2. The molecular formula is C21H25FN4O. The molecule has 1 amide bonds. The second-order valence-electron chi connectivity index (χ2n) is 7.06. The third-order valence-corrected chi connectivity index (χ3v) is 4.57. The summed E-state index contributed by atoms with van der Waals surface area (Å²) in [5.74, 6) is -1.05. The number of benzene rings is 2. The van der Waals surface area contributed by atoms with Crippen molar-refractivity contribution in [3.05, 3.63) is 53.3 Å². The summed E-state index contributed by atoms with van der Waals surface area (Å²) in [5, 5.41) is 6.14. The fraction of sp³-hybridized carbons (Fsp3) is 0.333. The second kappa shape index (κ2) is 8.31. The number of amides is 1. The molecule has 142 valence electrons. The maximum Gasteiger partial charge on any atom is 0.237 e. The molecule has 27 heavy (non-hydrogen) atoms. The fourth-order valence-corrected chi connectivity index (χ4v) is 3.11. The fourth-order valence-electron chi connectivity index (χ4n) is 3.11. The van der Waals surface area contributed by atoms with Crippen molar-refractivity contribution in [3.8, 4) is 0 Å². The maximum atomic E-state index is 13.3. The van der Waals surface area contributed by atoms with Crippen molar-refractivity contribution in [2.45, 2.75) is 19.3 Å². The number of aryl methyl sites for hydroxylation is 1. The van der Waals surface area contributed by atoms with E-state index in [9.17, 15) is 9.18 Å². The van der Waals surface area contributed by atoms with Crippen molar-refractivity contribution >= 4 is 29.2 Å². The van der Waals surface area contributed by atoms with Crippen LogP contribution >= 0.6 is 0 Å². The van der Waals surface area contributed by atoms with E-state index >= 15 is 0 Å². The topological polar surface area (TPSA) is 56.7 Å². The number of carbonyl (C=O) groups is 1. The Labute approximate surface area is 159 Å². The zero-order chi connectivity index (χ0) is 19.4. The largest absolute Gasteiger partial charge is 0.385 e. The van der Waals surface area contributed by atoms with Gasteiger partial charge in [-0.15, -0.1) is 0 Å². The van der Waals surface area contributed by atoms with Gasteiger partial charge in [0.25, 0.3) is 0 Å². The molecule has 1 unspecified atom stereocenters. The molecule has 2 aromatic rings. The minimum Gasteiger partial charge on any atom is -0.385 e. The van der Waals surface area contributed by atoms with Gasteiger partial charge in [-0.1, -0.05) is 6.07 Å². The van der Waals surface area contributed by atoms with Crippen LogP contribution in [0.5, 0.6) is 0 Å². The highest BCUT2D eigenvalue weighted by molar-refractivity contribution is 6.12. The van der Waals surface area contributed by atoms with Crippen LogP contribution in [0.15, 0.2) is 41.4 Å². The number of nitrogens with zero attached hydrogens (tertiary/aromatic N) is 2. The Bertz CT molecular complexity index is 863. The zero-order valence-electron chi connectivity index (χ0n) is 15.9. The van der Waals surface area contributed by atoms with Crippen molar-refractivity contribution < 1.29 is 9.18 Å². The van der Waals surface area contributed by atoms with Crippen molar-refractivity contribution in [1.29, 1.82) is 0 Å². The van der Waals surface area contributed by atoms with Gasteiger partial charge in [0.2, 0.25) is 5.91 Å². The van der Waals surface area contributed by atoms with Crippen LogP contribution < -0.4 is 10.6 Å². The van der Waals surface area contributed by atoms with Gasteiger partial charge in [0.05, 0.1) is 5.69 Å². The number of halogens is 1. The molecule has 0 aliphatic carbocycles. The lowest BCUT2D eigenvalue weighted by molar-refractivity contribution is -0.115. The van der Waals surface area contributed by atoms with E-state index in [0.717, 1.165) is 42.0 Å². The van der Waals surface area contributed by atoms with Crippen molar-refractivity contribution in [2.24, 2.45) is 4.99 Å². The predicted octanol–water partition coefficient (Wildman–Crippen LogP) is 3.94. The molecule has 0 saturated carbocycles. The van der Waals surface area contributed by atoms with Gasteiger partial charge < -0.3 is 15.5 Å². The molecule has 2 N–H and O–H groups in total. The molecule has 0 saturated heterocycles. The summed E-state index contributed by atoms with van der Waals surface area (Å²) >= 11 is 0. The van der Waals surface area contributed by atoms with Gasteiger partial charge in [-0.25, -0.2) is 4.39 Å². The minimum absolute atomic E-state index is 0.185. The van der Waals surface area contributed by atoms with E-state index < -0.39 is 5.92 Å². The highest BCUT2D eigenvalue weighted by Crippen LogP contribution is 2.32. The van der Waals surface area contributed by atoms with E-state index in [4.69, 9.17) is 0 Å². The molecule has 0 spiro atoms. The quantitative estimate of drug-likeness (QED) is 0.575. The Morgan fingerprint density at radius 1 is 1.26 bits per heavy atom. The van der Waals surface area contributed by atoms with Crippen molar-refractivity contribution in [3.63, 3.8) is 0 Å². The summed E-state index contributed by atoms with van der Waals surface area (Å²) in [6, 6.07) is 10.3. The van der Waals surface area contributed by atoms with Crippen LogP contribution in [0.1, 0.15) is 23.5 Å². The summed E-state index contributed by atoms with van der Waals surface area (Å²) in [6.07, 6.45) is 2.70. The highest BCUT2D eigenvalue weighted by atomic mass is 19.1. The lowest BCUT2D eigenvalue weighted by Gasteiger charge is -2.12. The monoisotopic (exact) mass is 368 g/mol. The van der Waals surface area contributed by atoms with E-state index in [1.54, 1.807) is 12.3 Å². The summed E-state index contributed by atoms with van der Waals surface area (Å²) in [4.78, 5) is 18.8. The molecule has 6 heteroatoms. The molecule has 1 atom stereocenters. The van der Waals surface area contributed by atoms with Gasteiger partial charge in [0.15, 0.2) is 0 Å². The van der Waals surface area contributed by atoms with Gasteiger partial charge >= 0.3 is 0 Å². The first kappa shape index (κ1) is 19.0. The number of nitrogens with one attached hydrogen (secondary N) is 2. The summed E-state index contributed by atoms with van der Waals surface area (Å²) < 4.78 is 13.3. The predicted molar refractivity (Wildman–Crippen MR) is 109 cm³/mol. The van der Waals surface area contributed by atoms with Gasteiger partial charge in [0, 0.05) is 24.1 Å². The van der Waals surface area contributed by atoms with Crippen molar-refractivity contribution in [2.75, 3.05) is 37.8 Å². The lowest BCUT2D eigenvalue weighted by Crippen LogP contribution is -2.16. The normalized spacial score (nSPS) is 16.0. The van der Waals surface area contributed by atoms with Crippen LogP contribution in [0.2, 0.25) is 0 Å². The summed E-state index contributed by atoms with van der Waals surface area (Å²) in [5.41, 5.74) is 4.25. The highest BCUT2D eigenvalue weighted by Gasteiger charge is 2.29. The second-order valence-corrected chi connectivity index (χ2v) is 7.06. The van der Waals surface area contributed by atoms with E-state index in [1.807, 2.05) is 25.1 Å². The Balaban J connectivity index is 1.66. The third-order valence-electron chi connectivity index (χ3n) is 4.57. The smallest absolute Gasteiger partial charge is 0.237 e. The van der Waals surface area contributed by atoms with Crippen LogP contribution in [-0.2, 0) is 4.79 Å².